The van der Waals surface area contributed by atoms with Crippen LogP contribution in [-0.2, 0) is 14.2 Å². The minimum atomic E-state index is -1.33. The van der Waals surface area contributed by atoms with E-state index >= 15 is 0 Å². The number of ether oxygens (including phenoxy) is 3. The summed E-state index contributed by atoms with van der Waals surface area (Å²) in [6.45, 7) is 21.0. The number of hydrogen-bond acceptors (Lipinski definition) is 14. The zero-order valence-corrected chi connectivity index (χ0v) is 52.5. The summed E-state index contributed by atoms with van der Waals surface area (Å²) >= 11 is 3.30. The van der Waals surface area contributed by atoms with Crippen LogP contribution in [0.25, 0.3) is 22.6 Å². The van der Waals surface area contributed by atoms with Gasteiger partial charge in [-0.1, -0.05) is 63.3 Å². The lowest BCUT2D eigenvalue weighted by Gasteiger charge is -2.02. The maximum atomic E-state index is 11.6. The van der Waals surface area contributed by atoms with Gasteiger partial charge < -0.3 is 19.3 Å². The van der Waals surface area contributed by atoms with Crippen molar-refractivity contribution in [2.24, 2.45) is 0 Å². The molecule has 9 heterocycles. The van der Waals surface area contributed by atoms with E-state index < -0.39 is 16.1 Å². The fourth-order valence-electron chi connectivity index (χ4n) is 6.44. The quantitative estimate of drug-likeness (QED) is 0.0972. The average molecular weight is 1210 g/mol. The minimum Gasteiger partial charge on any atom is -0.465 e. The average Bonchev–Trinajstić information content (AvgIpc) is 4.39. The highest BCUT2D eigenvalue weighted by molar-refractivity contribution is 9.10. The predicted octanol–water partition coefficient (Wildman–Crippen LogP) is 10.4. The molecule has 11 rings (SSSR count). The monoisotopic (exact) mass is 1210 g/mol. The van der Waals surface area contributed by atoms with E-state index in [9.17, 15) is 9.59 Å². The molecule has 10 aromatic rings. The van der Waals surface area contributed by atoms with Gasteiger partial charge in [-0.3, -0.25) is 0 Å². The summed E-state index contributed by atoms with van der Waals surface area (Å²) in [6.07, 6.45) is 26.5. The number of esters is 2. The maximum Gasteiger partial charge on any atom is 0.337 e. The van der Waals surface area contributed by atoms with Gasteiger partial charge in [0, 0.05) is 50.7 Å². The van der Waals surface area contributed by atoms with Crippen LogP contribution in [-0.4, -0.2) is 126 Å². The molecule has 0 saturated carbocycles. The number of rotatable bonds is 2. The van der Waals surface area contributed by atoms with Crippen LogP contribution in [0.4, 0.5) is 0 Å². The Morgan fingerprint density at radius 1 is 0.554 bits per heavy atom. The van der Waals surface area contributed by atoms with E-state index in [1.165, 1.54) is 32.6 Å². The molecule has 0 radical (unpaired) electrons. The van der Waals surface area contributed by atoms with Crippen molar-refractivity contribution >= 4 is 66.6 Å². The number of imidazole rings is 4. The Kier molecular flexibility index (Phi) is 26.9. The van der Waals surface area contributed by atoms with Gasteiger partial charge in [0.15, 0.2) is 22.6 Å². The summed E-state index contributed by atoms with van der Waals surface area (Å²) in [5, 5.41) is 23.5. The minimum absolute atomic E-state index is 0.280. The largest absolute Gasteiger partial charge is 0.465 e. The second-order valence-corrected chi connectivity index (χ2v) is 30.0. The molecule has 8 aromatic heterocycles. The standard InChI is InChI=1S/C17H13N3O2.C11H13N3Si.C10H12O2.C8H5N3.C6H4BrN3.C5H10Si.C4H8O.CH4O/c1-12-5-6-14(17(21)22-2)10-13(12)7-8-15-11-18-16-4-3-9-19-20(15)16;1-15(2,3)8-6-10-9-12-11-5-4-7-13-14(10)11;1-7-4-5-9(6-8(7)2)10(11)12-3;1-2-7-6-9-8-4-3-5-10-11(7)8;7-5-4-8-6-2-1-3-9-10(5)6;1-5-6(2,3)4;1-2-4-5-3-1;1-2/h3-6,9-11H,1-2H3;4-5,7,9H,1-3H3;4-6H,1-3H3;1,3-6H;1-4H;1H,2-4H3;1-4H2;2H,1H3. The number of carbonyl (C=O) groups excluding carboxylic acids is 2. The molecule has 0 spiro atoms. The summed E-state index contributed by atoms with van der Waals surface area (Å²) in [4.78, 5) is 39.2. The molecule has 2 aromatic carbocycles. The number of terminal acetylenes is 2. The zero-order valence-electron chi connectivity index (χ0n) is 48.9. The Morgan fingerprint density at radius 3 is 1.37 bits per heavy atom. The summed E-state index contributed by atoms with van der Waals surface area (Å²) in [5.74, 6) is 11.1. The number of fused-ring (bicyclic) bond motifs is 4. The SMILES string of the molecule is Brc1cnc2cccnn12.C#C[Si](C)(C)C.C#Cc1cnc2cccnn12.C1CCOC1.CO.COC(=O)c1ccc(C)c(C#Cc2cnc3cccnn23)c1.COC(=O)c1ccc(C)c(C)c1.C[Si](C)(C)C#Cc1cnc2cccnn12. The summed E-state index contributed by atoms with van der Waals surface area (Å²) in [6, 6.07) is 25.7. The molecule has 0 aliphatic carbocycles. The lowest BCUT2D eigenvalue weighted by atomic mass is 10.1. The van der Waals surface area contributed by atoms with Gasteiger partial charge in [-0.05, 0) is 151 Å². The number of aromatic nitrogens is 12. The van der Waals surface area contributed by atoms with Gasteiger partial charge in [-0.15, -0.1) is 23.9 Å². The fourth-order valence-corrected chi connectivity index (χ4v) is 7.32. The molecule has 1 aliphatic heterocycles. The Bertz CT molecular complexity index is 3920. The summed E-state index contributed by atoms with van der Waals surface area (Å²) in [7, 11) is 1.31. The normalized spacial score (nSPS) is 10.9. The molecule has 1 fully saturated rings. The number of aliphatic hydroxyl groups is 1. The Labute approximate surface area is 495 Å². The van der Waals surface area contributed by atoms with Crippen molar-refractivity contribution in [3.8, 4) is 47.6 Å². The van der Waals surface area contributed by atoms with Crippen molar-refractivity contribution in [2.75, 3.05) is 34.5 Å². The number of hydrogen-bond donors (Lipinski definition) is 1. The van der Waals surface area contributed by atoms with Crippen molar-refractivity contribution < 1.29 is 28.9 Å². The molecule has 83 heavy (non-hydrogen) atoms. The molecule has 0 unspecified atom stereocenters. The Morgan fingerprint density at radius 2 is 0.964 bits per heavy atom. The van der Waals surface area contributed by atoms with Crippen molar-refractivity contribution in [1.82, 2.24) is 58.4 Å². The number of halogens is 1. The first-order valence-electron chi connectivity index (χ1n) is 25.9. The number of carbonyl (C=O) groups is 2. The number of nitrogens with zero attached hydrogens (tertiary/aromatic N) is 12. The first-order chi connectivity index (χ1) is 39.7. The van der Waals surface area contributed by atoms with Gasteiger partial charge in [0.2, 0.25) is 0 Å². The van der Waals surface area contributed by atoms with E-state index in [2.05, 4.69) is 135 Å². The van der Waals surface area contributed by atoms with Crippen LogP contribution in [0.1, 0.15) is 72.9 Å². The molecule has 21 heteroatoms. The maximum absolute atomic E-state index is 11.6. The molecule has 0 atom stereocenters. The van der Waals surface area contributed by atoms with E-state index in [0.29, 0.717) is 22.5 Å². The van der Waals surface area contributed by atoms with Gasteiger partial charge in [0.25, 0.3) is 0 Å². The molecule has 428 valence electrons. The third-order valence-corrected chi connectivity index (χ3v) is 13.2. The van der Waals surface area contributed by atoms with Crippen LogP contribution in [0.5, 0.6) is 0 Å². The Balaban J connectivity index is 0.000000216. The summed E-state index contributed by atoms with van der Waals surface area (Å²) in [5.41, 5.74) is 16.7. The van der Waals surface area contributed by atoms with E-state index in [-0.39, 0.29) is 11.9 Å². The van der Waals surface area contributed by atoms with Crippen molar-refractivity contribution in [1.29, 1.82) is 0 Å². The lowest BCUT2D eigenvalue weighted by Crippen LogP contribution is -2.16. The fraction of sp³-hybridized carbons (Fsp3) is 0.258. The highest BCUT2D eigenvalue weighted by Crippen LogP contribution is 2.14. The lowest BCUT2D eigenvalue weighted by molar-refractivity contribution is 0.0592. The third kappa shape index (κ3) is 21.7. The van der Waals surface area contributed by atoms with Crippen LogP contribution in [0.15, 0.2) is 139 Å². The van der Waals surface area contributed by atoms with Crippen molar-refractivity contribution in [3.05, 3.63) is 190 Å². The van der Waals surface area contributed by atoms with Crippen molar-refractivity contribution in [3.63, 3.8) is 0 Å². The number of aryl methyl sites for hydroxylation is 3. The highest BCUT2D eigenvalue weighted by Gasteiger charge is 2.10. The molecule has 1 saturated heterocycles. The first-order valence-corrected chi connectivity index (χ1v) is 33.7. The molecule has 0 bridgehead atoms. The third-order valence-electron chi connectivity index (χ3n) is 11.0. The first kappa shape index (κ1) is 66.4. The van der Waals surface area contributed by atoms with Gasteiger partial charge in [0.05, 0.1) is 50.1 Å². The van der Waals surface area contributed by atoms with Gasteiger partial charge >= 0.3 is 11.9 Å². The summed E-state index contributed by atoms with van der Waals surface area (Å²) < 4.78 is 21.9. The van der Waals surface area contributed by atoms with Gasteiger partial charge in [-0.25, -0.2) is 47.6 Å². The van der Waals surface area contributed by atoms with Gasteiger partial charge in [0.1, 0.15) is 37.8 Å². The van der Waals surface area contributed by atoms with Crippen LogP contribution < -0.4 is 0 Å². The number of benzene rings is 2. The topological polar surface area (TPSA) is 203 Å². The molecular weight excluding hydrogens is 1140 g/mol. The van der Waals surface area contributed by atoms with Crippen LogP contribution >= 0.6 is 15.9 Å². The van der Waals surface area contributed by atoms with E-state index in [1.54, 1.807) is 85.8 Å². The molecule has 18 nitrogen and oxygen atoms in total. The molecule has 1 aliphatic rings. The van der Waals surface area contributed by atoms with E-state index in [1.807, 2.05) is 87.5 Å². The molecule has 0 amide bonds. The van der Waals surface area contributed by atoms with E-state index in [4.69, 9.17) is 27.4 Å². The van der Waals surface area contributed by atoms with E-state index in [0.717, 1.165) is 69.9 Å². The van der Waals surface area contributed by atoms with Crippen LogP contribution in [0, 0.1) is 68.4 Å². The Hall–Kier alpha value is -9.07. The number of methoxy groups -OCH3 is 2. The predicted molar refractivity (Wildman–Crippen MR) is 334 cm³/mol. The highest BCUT2D eigenvalue weighted by atomic mass is 79.9. The second-order valence-electron chi connectivity index (χ2n) is 19.6. The van der Waals surface area contributed by atoms with Crippen molar-refractivity contribution in [2.45, 2.75) is 72.9 Å². The molecule has 1 N–H and O–H groups in total. The van der Waals surface area contributed by atoms with Crippen LogP contribution in [0.3, 0.4) is 0 Å². The van der Waals surface area contributed by atoms with Crippen LogP contribution in [0.2, 0.25) is 39.3 Å². The molecular formula is C62H69BrN12O6Si2. The van der Waals surface area contributed by atoms with Gasteiger partial charge in [-0.2, -0.15) is 20.4 Å². The zero-order chi connectivity index (χ0) is 61.0. The second kappa shape index (κ2) is 33.6. The smallest absolute Gasteiger partial charge is 0.337 e. The number of aliphatic hydroxyl groups excluding tert-OH is 1.